The quantitative estimate of drug-likeness (QED) is 0.913. The summed E-state index contributed by atoms with van der Waals surface area (Å²) in [4.78, 5) is 1.92. The molecule has 1 fully saturated rings. The molecule has 0 unspecified atom stereocenters. The highest BCUT2D eigenvalue weighted by molar-refractivity contribution is 6.32. The van der Waals surface area contributed by atoms with Crippen LogP contribution in [0.2, 0.25) is 5.02 Å². The van der Waals surface area contributed by atoms with Gasteiger partial charge in [0.15, 0.2) is 0 Å². The zero-order valence-corrected chi connectivity index (χ0v) is 10.6. The van der Waals surface area contributed by atoms with Crippen LogP contribution in [0, 0.1) is 5.82 Å². The van der Waals surface area contributed by atoms with Crippen LogP contribution in [0.15, 0.2) is 12.1 Å². The molecule has 1 saturated heterocycles. The molecule has 6 heteroatoms. The van der Waals surface area contributed by atoms with Crippen molar-refractivity contribution in [2.24, 2.45) is 0 Å². The third-order valence-corrected chi connectivity index (χ3v) is 3.09. The second kappa shape index (κ2) is 6.20. The van der Waals surface area contributed by atoms with Gasteiger partial charge in [0.25, 0.3) is 0 Å². The molecule has 0 atom stereocenters. The predicted octanol–water partition coefficient (Wildman–Crippen LogP) is 2.24. The smallest absolute Gasteiger partial charge is 0.148 e. The molecule has 2 rings (SSSR count). The predicted molar refractivity (Wildman–Crippen MR) is 68.0 cm³/mol. The number of benzene rings is 1. The number of nitrogens with zero attached hydrogens (tertiary/aromatic N) is 1. The van der Waals surface area contributed by atoms with Crippen molar-refractivity contribution in [2.45, 2.75) is 0 Å². The van der Waals surface area contributed by atoms with E-state index in [-0.39, 0.29) is 17.4 Å². The molecule has 0 saturated carbocycles. The zero-order valence-electron chi connectivity index (χ0n) is 9.89. The molecule has 1 aliphatic heterocycles. The molecule has 1 N–H and O–H groups in total. The monoisotopic (exact) mass is 276 g/mol. The number of ether oxygens (including phenoxy) is 1. The fraction of sp³-hybridized carbons (Fsp3) is 0.500. The first-order chi connectivity index (χ1) is 8.72. The van der Waals surface area contributed by atoms with Crippen molar-refractivity contribution in [1.82, 2.24) is 5.32 Å². The Bertz CT molecular complexity index is 411. The maximum atomic E-state index is 13.9. The summed E-state index contributed by atoms with van der Waals surface area (Å²) in [7, 11) is 0. The minimum atomic E-state index is -0.601. The van der Waals surface area contributed by atoms with Crippen molar-refractivity contribution < 1.29 is 13.5 Å². The molecular formula is C12H15ClF2N2O. The zero-order chi connectivity index (χ0) is 13.0. The van der Waals surface area contributed by atoms with Crippen molar-refractivity contribution in [3.05, 3.63) is 23.0 Å². The van der Waals surface area contributed by atoms with Gasteiger partial charge in [0, 0.05) is 32.2 Å². The highest BCUT2D eigenvalue weighted by atomic mass is 35.5. The topological polar surface area (TPSA) is 24.5 Å². The van der Waals surface area contributed by atoms with Gasteiger partial charge in [-0.05, 0) is 6.07 Å². The first-order valence-electron chi connectivity index (χ1n) is 5.86. The van der Waals surface area contributed by atoms with Crippen LogP contribution >= 0.6 is 11.6 Å². The van der Waals surface area contributed by atoms with Crippen LogP contribution in [0.5, 0.6) is 5.75 Å². The average Bonchev–Trinajstić information content (AvgIpc) is 2.39. The van der Waals surface area contributed by atoms with Gasteiger partial charge in [-0.25, -0.2) is 8.78 Å². The summed E-state index contributed by atoms with van der Waals surface area (Å²) in [5.41, 5.74) is 0.453. The van der Waals surface area contributed by atoms with Crippen LogP contribution in [0.1, 0.15) is 0 Å². The fourth-order valence-electron chi connectivity index (χ4n) is 1.93. The molecule has 0 spiro atoms. The Hall–Kier alpha value is -1.07. The van der Waals surface area contributed by atoms with E-state index in [2.05, 4.69) is 5.32 Å². The Morgan fingerprint density at radius 3 is 2.72 bits per heavy atom. The highest BCUT2D eigenvalue weighted by Crippen LogP contribution is 2.32. The summed E-state index contributed by atoms with van der Waals surface area (Å²) in [5.74, 6) is -0.0567. The molecule has 1 aliphatic rings. The number of alkyl halides is 1. The van der Waals surface area contributed by atoms with Gasteiger partial charge in [-0.1, -0.05) is 11.6 Å². The molecule has 100 valence electrons. The SMILES string of the molecule is FCCOc1cc(N2CCNCC2)c(F)cc1Cl. The van der Waals surface area contributed by atoms with E-state index in [4.69, 9.17) is 16.3 Å². The first-order valence-corrected chi connectivity index (χ1v) is 6.23. The second-order valence-corrected chi connectivity index (χ2v) is 4.42. The van der Waals surface area contributed by atoms with Crippen molar-refractivity contribution in [2.75, 3.05) is 44.4 Å². The van der Waals surface area contributed by atoms with Crippen LogP contribution in [0.25, 0.3) is 0 Å². The van der Waals surface area contributed by atoms with E-state index in [9.17, 15) is 8.78 Å². The number of piperazine rings is 1. The van der Waals surface area contributed by atoms with E-state index >= 15 is 0 Å². The number of anilines is 1. The van der Waals surface area contributed by atoms with Crippen LogP contribution < -0.4 is 15.0 Å². The fourth-order valence-corrected chi connectivity index (χ4v) is 2.13. The van der Waals surface area contributed by atoms with Crippen LogP contribution in [0.4, 0.5) is 14.5 Å². The van der Waals surface area contributed by atoms with Gasteiger partial charge in [-0.15, -0.1) is 0 Å². The number of halogens is 3. The molecular weight excluding hydrogens is 262 g/mol. The lowest BCUT2D eigenvalue weighted by Crippen LogP contribution is -2.43. The maximum Gasteiger partial charge on any atom is 0.148 e. The van der Waals surface area contributed by atoms with Gasteiger partial charge >= 0.3 is 0 Å². The Morgan fingerprint density at radius 2 is 2.06 bits per heavy atom. The molecule has 0 amide bonds. The molecule has 0 aliphatic carbocycles. The molecule has 0 radical (unpaired) electrons. The van der Waals surface area contributed by atoms with E-state index in [1.54, 1.807) is 6.07 Å². The molecule has 0 aromatic heterocycles. The number of rotatable bonds is 4. The van der Waals surface area contributed by atoms with Gasteiger partial charge in [0.2, 0.25) is 0 Å². The van der Waals surface area contributed by atoms with E-state index in [0.29, 0.717) is 11.4 Å². The highest BCUT2D eigenvalue weighted by Gasteiger charge is 2.17. The Morgan fingerprint density at radius 1 is 1.33 bits per heavy atom. The molecule has 18 heavy (non-hydrogen) atoms. The van der Waals surface area contributed by atoms with Gasteiger partial charge in [-0.2, -0.15) is 0 Å². The summed E-state index contributed by atoms with van der Waals surface area (Å²) in [6, 6.07) is 2.76. The molecule has 0 bridgehead atoms. The summed E-state index contributed by atoms with van der Waals surface area (Å²) >= 11 is 5.86. The van der Waals surface area contributed by atoms with Crippen molar-refractivity contribution in [1.29, 1.82) is 0 Å². The number of hydrogen-bond acceptors (Lipinski definition) is 3. The standard InChI is InChI=1S/C12H15ClF2N2O/c13-9-7-10(15)11(8-12(9)18-6-1-14)17-4-2-16-3-5-17/h7-8,16H,1-6H2. The maximum absolute atomic E-state index is 13.9. The third kappa shape index (κ3) is 3.03. The van der Waals surface area contributed by atoms with E-state index < -0.39 is 6.67 Å². The van der Waals surface area contributed by atoms with Crippen LogP contribution in [0.3, 0.4) is 0 Å². The van der Waals surface area contributed by atoms with Crippen molar-refractivity contribution in [3.63, 3.8) is 0 Å². The minimum absolute atomic E-state index is 0.0770. The molecule has 1 heterocycles. The van der Waals surface area contributed by atoms with Crippen LogP contribution in [-0.4, -0.2) is 39.5 Å². The molecule has 3 nitrogen and oxygen atoms in total. The largest absolute Gasteiger partial charge is 0.489 e. The Kier molecular flexibility index (Phi) is 4.60. The van der Waals surface area contributed by atoms with Gasteiger partial charge in [0.05, 0.1) is 10.7 Å². The first kappa shape index (κ1) is 13.4. The second-order valence-electron chi connectivity index (χ2n) is 4.01. The third-order valence-electron chi connectivity index (χ3n) is 2.79. The van der Waals surface area contributed by atoms with E-state index in [1.807, 2.05) is 4.90 Å². The van der Waals surface area contributed by atoms with Crippen molar-refractivity contribution >= 4 is 17.3 Å². The normalized spacial score (nSPS) is 15.8. The summed E-state index contributed by atoms with van der Waals surface area (Å²) < 4.78 is 31.1. The number of nitrogens with one attached hydrogen (secondary N) is 1. The van der Waals surface area contributed by atoms with Gasteiger partial charge in [0.1, 0.15) is 24.8 Å². The lowest BCUT2D eigenvalue weighted by molar-refractivity contribution is 0.273. The summed E-state index contributed by atoms with van der Waals surface area (Å²) in [6.07, 6.45) is 0. The lowest BCUT2D eigenvalue weighted by atomic mass is 10.2. The molecule has 1 aromatic carbocycles. The Balaban J connectivity index is 2.22. The minimum Gasteiger partial charge on any atom is -0.489 e. The summed E-state index contributed by atoms with van der Waals surface area (Å²) in [6.45, 7) is 2.39. The van der Waals surface area contributed by atoms with Gasteiger partial charge in [-0.3, -0.25) is 0 Å². The van der Waals surface area contributed by atoms with Gasteiger partial charge < -0.3 is 15.0 Å². The Labute approximate surface area is 110 Å². The van der Waals surface area contributed by atoms with Crippen LogP contribution in [-0.2, 0) is 0 Å². The lowest BCUT2D eigenvalue weighted by Gasteiger charge is -2.30. The average molecular weight is 277 g/mol. The van der Waals surface area contributed by atoms with Crippen molar-refractivity contribution in [3.8, 4) is 5.75 Å². The summed E-state index contributed by atoms with van der Waals surface area (Å²) in [5, 5.41) is 3.36. The van der Waals surface area contributed by atoms with E-state index in [0.717, 1.165) is 26.2 Å². The number of hydrogen-bond donors (Lipinski definition) is 1. The van der Waals surface area contributed by atoms with E-state index in [1.165, 1.54) is 6.07 Å². The molecule has 1 aromatic rings.